The summed E-state index contributed by atoms with van der Waals surface area (Å²) in [6.45, 7) is -2.92. The van der Waals surface area contributed by atoms with Crippen LogP contribution < -0.4 is 10.3 Å². The van der Waals surface area contributed by atoms with Crippen LogP contribution in [0.1, 0.15) is 5.56 Å². The highest BCUT2D eigenvalue weighted by molar-refractivity contribution is 7.91. The molecule has 0 unspecified atom stereocenters. The Kier molecular flexibility index (Phi) is 5.27. The van der Waals surface area contributed by atoms with Crippen molar-refractivity contribution in [1.29, 1.82) is 0 Å². The minimum absolute atomic E-state index is 0.00509. The fraction of sp³-hybridized carbons (Fsp3) is 0.150. The molecule has 160 valence electrons. The first-order valence-corrected chi connectivity index (χ1v) is 10.5. The van der Waals surface area contributed by atoms with Crippen LogP contribution in [-0.4, -0.2) is 34.6 Å². The maximum absolute atomic E-state index is 12.8. The van der Waals surface area contributed by atoms with Crippen molar-refractivity contribution in [2.75, 3.05) is 0 Å². The van der Waals surface area contributed by atoms with Crippen LogP contribution in [0, 0.1) is 0 Å². The van der Waals surface area contributed by atoms with E-state index in [9.17, 15) is 22.0 Å². The molecule has 0 aliphatic rings. The Morgan fingerprint density at radius 3 is 2.65 bits per heavy atom. The Morgan fingerprint density at radius 1 is 1.13 bits per heavy atom. The molecule has 0 aliphatic heterocycles. The standard InChI is InChI=1S/C20H16F2N4O4S/c1-25-8-7-18(24-25)31(28,29)16-5-6-17-14(10-16)11-23-26(19(17)27)12-13-3-2-4-15(9-13)30-20(21)22/h2-11,20H,12H2,1H3. The number of aryl methyl sites for hydroxylation is 1. The summed E-state index contributed by atoms with van der Waals surface area (Å²) in [6, 6.07) is 11.5. The van der Waals surface area contributed by atoms with Gasteiger partial charge in [0.2, 0.25) is 9.84 Å². The van der Waals surface area contributed by atoms with Crippen molar-refractivity contribution in [1.82, 2.24) is 19.6 Å². The molecule has 0 bridgehead atoms. The van der Waals surface area contributed by atoms with Crippen LogP contribution in [0.2, 0.25) is 0 Å². The van der Waals surface area contributed by atoms with Gasteiger partial charge in [0.1, 0.15) is 5.75 Å². The topological polar surface area (TPSA) is 96.1 Å². The Balaban J connectivity index is 1.68. The molecule has 2 aromatic heterocycles. The highest BCUT2D eigenvalue weighted by Crippen LogP contribution is 2.22. The first-order chi connectivity index (χ1) is 14.7. The van der Waals surface area contributed by atoms with E-state index in [1.54, 1.807) is 13.1 Å². The quantitative estimate of drug-likeness (QED) is 0.452. The van der Waals surface area contributed by atoms with E-state index >= 15 is 0 Å². The third kappa shape index (κ3) is 4.17. The van der Waals surface area contributed by atoms with Gasteiger partial charge in [0, 0.05) is 18.6 Å². The molecule has 31 heavy (non-hydrogen) atoms. The van der Waals surface area contributed by atoms with E-state index in [2.05, 4.69) is 14.9 Å². The fourth-order valence-corrected chi connectivity index (χ4v) is 4.34. The fourth-order valence-electron chi connectivity index (χ4n) is 3.10. The predicted octanol–water partition coefficient (Wildman–Crippen LogP) is 2.61. The summed E-state index contributed by atoms with van der Waals surface area (Å²) in [5, 5.41) is 8.56. The second-order valence-corrected chi connectivity index (χ2v) is 8.61. The summed E-state index contributed by atoms with van der Waals surface area (Å²) < 4.78 is 57.2. The van der Waals surface area contributed by atoms with Crippen LogP contribution in [0.15, 0.2) is 75.6 Å². The van der Waals surface area contributed by atoms with Crippen LogP contribution in [-0.2, 0) is 23.4 Å². The minimum Gasteiger partial charge on any atom is -0.435 e. The zero-order valence-corrected chi connectivity index (χ0v) is 17.0. The number of halogens is 2. The van der Waals surface area contributed by atoms with E-state index in [1.165, 1.54) is 59.5 Å². The highest BCUT2D eigenvalue weighted by atomic mass is 32.2. The molecule has 2 aromatic carbocycles. The predicted molar refractivity (Wildman–Crippen MR) is 107 cm³/mol. The van der Waals surface area contributed by atoms with Gasteiger partial charge < -0.3 is 4.74 Å². The Bertz CT molecular complexity index is 1430. The minimum atomic E-state index is -3.84. The summed E-state index contributed by atoms with van der Waals surface area (Å²) in [4.78, 5) is 12.8. The van der Waals surface area contributed by atoms with E-state index in [1.807, 2.05) is 0 Å². The van der Waals surface area contributed by atoms with Gasteiger partial charge in [-0.1, -0.05) is 12.1 Å². The largest absolute Gasteiger partial charge is 0.435 e. The number of rotatable bonds is 6. The lowest BCUT2D eigenvalue weighted by Crippen LogP contribution is -2.23. The molecule has 0 N–H and O–H groups in total. The van der Waals surface area contributed by atoms with E-state index in [0.717, 1.165) is 4.68 Å². The maximum atomic E-state index is 12.8. The molecule has 0 saturated carbocycles. The lowest BCUT2D eigenvalue weighted by atomic mass is 10.2. The molecule has 0 spiro atoms. The van der Waals surface area contributed by atoms with Gasteiger partial charge in [-0.25, -0.2) is 13.1 Å². The SMILES string of the molecule is Cn1ccc(S(=O)(=O)c2ccc3c(=O)n(Cc4cccc(OC(F)F)c4)ncc3c2)n1. The number of hydrogen-bond donors (Lipinski definition) is 0. The van der Waals surface area contributed by atoms with Crippen LogP contribution in [0.5, 0.6) is 5.75 Å². The molecule has 0 amide bonds. The average Bonchev–Trinajstić information content (AvgIpc) is 3.17. The molecular weight excluding hydrogens is 430 g/mol. The van der Waals surface area contributed by atoms with Crippen molar-refractivity contribution in [3.63, 3.8) is 0 Å². The summed E-state index contributed by atoms with van der Waals surface area (Å²) >= 11 is 0. The van der Waals surface area contributed by atoms with Crippen molar-refractivity contribution in [2.45, 2.75) is 23.1 Å². The molecular formula is C20H16F2N4O4S. The smallest absolute Gasteiger partial charge is 0.387 e. The maximum Gasteiger partial charge on any atom is 0.387 e. The van der Waals surface area contributed by atoms with Crippen molar-refractivity contribution in [3.8, 4) is 5.75 Å². The van der Waals surface area contributed by atoms with Gasteiger partial charge in [-0.3, -0.25) is 9.48 Å². The van der Waals surface area contributed by atoms with E-state index in [-0.39, 0.29) is 27.6 Å². The van der Waals surface area contributed by atoms with E-state index < -0.39 is 22.0 Å². The molecule has 0 saturated heterocycles. The van der Waals surface area contributed by atoms with Crippen LogP contribution >= 0.6 is 0 Å². The van der Waals surface area contributed by atoms with Crippen molar-refractivity contribution >= 4 is 20.6 Å². The van der Waals surface area contributed by atoms with Crippen LogP contribution in [0.3, 0.4) is 0 Å². The van der Waals surface area contributed by atoms with Gasteiger partial charge in [0.25, 0.3) is 5.56 Å². The zero-order chi connectivity index (χ0) is 22.2. The first kappa shape index (κ1) is 20.7. The van der Waals surface area contributed by atoms with Crippen LogP contribution in [0.25, 0.3) is 10.8 Å². The number of alkyl halides is 2. The van der Waals surface area contributed by atoms with Gasteiger partial charge in [0.05, 0.1) is 23.0 Å². The van der Waals surface area contributed by atoms with Crippen molar-refractivity contribution in [3.05, 3.63) is 76.8 Å². The summed E-state index contributed by atoms with van der Waals surface area (Å²) in [5.74, 6) is -0.0225. The van der Waals surface area contributed by atoms with Gasteiger partial charge in [-0.05, 0) is 42.0 Å². The molecule has 0 atom stereocenters. The van der Waals surface area contributed by atoms with Gasteiger partial charge in [-0.2, -0.15) is 19.0 Å². The summed E-state index contributed by atoms with van der Waals surface area (Å²) in [6.07, 6.45) is 2.91. The second-order valence-electron chi connectivity index (χ2n) is 6.71. The number of ether oxygens (including phenoxy) is 1. The molecule has 0 fully saturated rings. The van der Waals surface area contributed by atoms with Crippen molar-refractivity contribution < 1.29 is 21.9 Å². The molecule has 0 radical (unpaired) electrons. The normalized spacial score (nSPS) is 11.9. The van der Waals surface area contributed by atoms with Crippen LogP contribution in [0.4, 0.5) is 8.78 Å². The number of fused-ring (bicyclic) bond motifs is 1. The third-order valence-electron chi connectivity index (χ3n) is 4.55. The number of benzene rings is 2. The number of hydrogen-bond acceptors (Lipinski definition) is 6. The number of sulfone groups is 1. The third-order valence-corrected chi connectivity index (χ3v) is 6.20. The lowest BCUT2D eigenvalue weighted by molar-refractivity contribution is -0.0498. The first-order valence-electron chi connectivity index (χ1n) is 9.02. The highest BCUT2D eigenvalue weighted by Gasteiger charge is 2.21. The summed E-state index contributed by atoms with van der Waals surface area (Å²) in [7, 11) is -2.23. The summed E-state index contributed by atoms with van der Waals surface area (Å²) in [5.41, 5.74) is 0.0981. The number of aromatic nitrogens is 4. The van der Waals surface area contributed by atoms with Gasteiger partial charge in [-0.15, -0.1) is 0 Å². The Labute approximate surface area is 175 Å². The molecule has 11 heteroatoms. The molecule has 8 nitrogen and oxygen atoms in total. The molecule has 4 rings (SSSR count). The van der Waals surface area contributed by atoms with Gasteiger partial charge >= 0.3 is 6.61 Å². The van der Waals surface area contributed by atoms with E-state index in [0.29, 0.717) is 10.9 Å². The average molecular weight is 446 g/mol. The monoisotopic (exact) mass is 446 g/mol. The van der Waals surface area contributed by atoms with Gasteiger partial charge in [0.15, 0.2) is 5.03 Å². The van der Waals surface area contributed by atoms with Crippen molar-refractivity contribution in [2.24, 2.45) is 7.05 Å². The zero-order valence-electron chi connectivity index (χ0n) is 16.1. The number of nitrogens with zero attached hydrogens (tertiary/aromatic N) is 4. The molecule has 0 aliphatic carbocycles. The molecule has 4 aromatic rings. The lowest BCUT2D eigenvalue weighted by Gasteiger charge is -2.09. The van der Waals surface area contributed by atoms with E-state index in [4.69, 9.17) is 0 Å². The Morgan fingerprint density at radius 2 is 1.94 bits per heavy atom. The second kappa shape index (κ2) is 7.91. The molecule has 2 heterocycles. The Hall–Kier alpha value is -3.60.